The van der Waals surface area contributed by atoms with Crippen molar-refractivity contribution in [1.82, 2.24) is 0 Å². The third kappa shape index (κ3) is 1.90. The summed E-state index contributed by atoms with van der Waals surface area (Å²) in [5.41, 5.74) is 2.38. The van der Waals surface area contributed by atoms with Gasteiger partial charge in [0.05, 0.1) is 11.3 Å². The van der Waals surface area contributed by atoms with Crippen molar-refractivity contribution < 1.29 is 9.59 Å². The molecular weight excluding hydrogens is 252 g/mol. The van der Waals surface area contributed by atoms with E-state index in [0.29, 0.717) is 11.5 Å². The van der Waals surface area contributed by atoms with Crippen LogP contribution in [0.4, 0.5) is 11.4 Å². The van der Waals surface area contributed by atoms with E-state index in [2.05, 4.69) is 18.7 Å². The molecule has 0 radical (unpaired) electrons. The number of carbonyl (C=O) groups excluding carboxylic acids is 2. The van der Waals surface area contributed by atoms with Crippen LogP contribution in [-0.2, 0) is 4.79 Å². The Morgan fingerprint density at radius 1 is 1.25 bits per heavy atom. The van der Waals surface area contributed by atoms with Crippen LogP contribution in [0.25, 0.3) is 0 Å². The smallest absolute Gasteiger partial charge is 0.299 e. The van der Waals surface area contributed by atoms with Crippen molar-refractivity contribution in [2.45, 2.75) is 20.3 Å². The summed E-state index contributed by atoms with van der Waals surface area (Å²) in [4.78, 5) is 27.3. The molecule has 1 aromatic carbocycles. The van der Waals surface area contributed by atoms with Crippen LogP contribution in [0.15, 0.2) is 18.2 Å². The highest BCUT2D eigenvalue weighted by molar-refractivity contribution is 6.52. The van der Waals surface area contributed by atoms with Crippen molar-refractivity contribution in [2.75, 3.05) is 29.9 Å². The lowest BCUT2D eigenvalue weighted by Gasteiger charge is -2.21. The number of hydrogen-bond donors (Lipinski definition) is 0. The summed E-state index contributed by atoms with van der Waals surface area (Å²) in [6, 6.07) is 5.73. The summed E-state index contributed by atoms with van der Waals surface area (Å²) < 4.78 is 0. The molecule has 106 valence electrons. The zero-order valence-corrected chi connectivity index (χ0v) is 12.2. The average molecular weight is 272 g/mol. The first-order chi connectivity index (χ1) is 9.49. The first kappa shape index (κ1) is 13.2. The minimum Gasteiger partial charge on any atom is -0.371 e. The predicted molar refractivity (Wildman–Crippen MR) is 79.3 cm³/mol. The van der Waals surface area contributed by atoms with Crippen LogP contribution in [0.3, 0.4) is 0 Å². The van der Waals surface area contributed by atoms with Crippen molar-refractivity contribution >= 4 is 23.1 Å². The van der Waals surface area contributed by atoms with Crippen molar-refractivity contribution in [3.63, 3.8) is 0 Å². The third-order valence-corrected chi connectivity index (χ3v) is 4.62. The number of carbonyl (C=O) groups is 2. The summed E-state index contributed by atoms with van der Waals surface area (Å²) in [6.07, 6.45) is 1.21. The molecule has 2 heterocycles. The molecule has 2 aliphatic heterocycles. The SMILES string of the molecule is CC(C)C1CCN(c2ccc3c(c2)N(C)C(=O)C3=O)C1. The molecule has 0 aromatic heterocycles. The fourth-order valence-electron chi connectivity index (χ4n) is 3.13. The standard InChI is InChI=1S/C16H20N2O2/c1-10(2)11-6-7-18(9-11)12-4-5-13-14(8-12)17(3)16(20)15(13)19/h4-5,8,10-11H,6-7,9H2,1-3H3. The number of amides is 1. The van der Waals surface area contributed by atoms with Crippen LogP contribution in [0.1, 0.15) is 30.6 Å². The lowest BCUT2D eigenvalue weighted by atomic mass is 9.95. The Hall–Kier alpha value is -1.84. The minimum atomic E-state index is -0.432. The fraction of sp³-hybridized carbons (Fsp3) is 0.500. The van der Waals surface area contributed by atoms with Crippen molar-refractivity contribution in [1.29, 1.82) is 0 Å². The Kier molecular flexibility index (Phi) is 3.04. The average Bonchev–Trinajstić information content (AvgIpc) is 3.00. The lowest BCUT2D eigenvalue weighted by Crippen LogP contribution is -2.25. The minimum absolute atomic E-state index is 0.393. The molecule has 1 atom stereocenters. The molecule has 1 aromatic rings. The first-order valence-electron chi connectivity index (χ1n) is 7.20. The highest BCUT2D eigenvalue weighted by Crippen LogP contribution is 2.34. The molecule has 1 fully saturated rings. The third-order valence-electron chi connectivity index (χ3n) is 4.62. The van der Waals surface area contributed by atoms with Gasteiger partial charge in [0.15, 0.2) is 0 Å². The molecule has 0 bridgehead atoms. The summed E-state index contributed by atoms with van der Waals surface area (Å²) in [5.74, 6) is 0.596. The second-order valence-electron chi connectivity index (χ2n) is 6.13. The number of rotatable bonds is 2. The maximum absolute atomic E-state index is 11.8. The number of hydrogen-bond acceptors (Lipinski definition) is 3. The van der Waals surface area contributed by atoms with Crippen molar-refractivity contribution in [2.24, 2.45) is 11.8 Å². The van der Waals surface area contributed by atoms with Gasteiger partial charge in [0.25, 0.3) is 11.7 Å². The summed E-state index contributed by atoms with van der Waals surface area (Å²) >= 11 is 0. The van der Waals surface area contributed by atoms with Crippen LogP contribution in [-0.4, -0.2) is 31.8 Å². The molecule has 4 heteroatoms. The second kappa shape index (κ2) is 4.62. The van der Waals surface area contributed by atoms with Crippen LogP contribution >= 0.6 is 0 Å². The Balaban J connectivity index is 1.88. The largest absolute Gasteiger partial charge is 0.371 e. The van der Waals surface area contributed by atoms with Gasteiger partial charge in [-0.05, 0) is 36.5 Å². The highest BCUT2D eigenvalue weighted by atomic mass is 16.2. The molecule has 1 saturated heterocycles. The van der Waals surface area contributed by atoms with Gasteiger partial charge in [-0.15, -0.1) is 0 Å². The maximum atomic E-state index is 11.8. The monoisotopic (exact) mass is 272 g/mol. The van der Waals surface area contributed by atoms with Gasteiger partial charge >= 0.3 is 0 Å². The molecular formula is C16H20N2O2. The predicted octanol–water partition coefficient (Wildman–Crippen LogP) is 2.33. The van der Waals surface area contributed by atoms with Gasteiger partial charge < -0.3 is 9.80 Å². The maximum Gasteiger partial charge on any atom is 0.299 e. The molecule has 0 N–H and O–H groups in total. The number of anilines is 2. The molecule has 20 heavy (non-hydrogen) atoms. The second-order valence-corrected chi connectivity index (χ2v) is 6.13. The van der Waals surface area contributed by atoms with Gasteiger partial charge in [0, 0.05) is 25.8 Å². The van der Waals surface area contributed by atoms with E-state index < -0.39 is 11.7 Å². The van der Waals surface area contributed by atoms with Crippen LogP contribution < -0.4 is 9.80 Å². The Morgan fingerprint density at radius 3 is 2.65 bits per heavy atom. The Labute approximate surface area is 119 Å². The topological polar surface area (TPSA) is 40.6 Å². The quantitative estimate of drug-likeness (QED) is 0.776. The van der Waals surface area contributed by atoms with Crippen molar-refractivity contribution in [3.05, 3.63) is 23.8 Å². The van der Waals surface area contributed by atoms with Gasteiger partial charge in [-0.25, -0.2) is 0 Å². The lowest BCUT2D eigenvalue weighted by molar-refractivity contribution is -0.114. The number of ketones is 1. The molecule has 1 amide bonds. The van der Waals surface area contributed by atoms with E-state index in [0.717, 1.165) is 30.4 Å². The zero-order valence-electron chi connectivity index (χ0n) is 12.2. The zero-order chi connectivity index (χ0) is 14.4. The molecule has 0 saturated carbocycles. The van der Waals surface area contributed by atoms with Gasteiger partial charge in [0.2, 0.25) is 0 Å². The highest BCUT2D eigenvalue weighted by Gasteiger charge is 2.34. The van der Waals surface area contributed by atoms with E-state index in [-0.39, 0.29) is 0 Å². The Morgan fingerprint density at radius 2 is 2.00 bits per heavy atom. The van der Waals surface area contributed by atoms with E-state index in [9.17, 15) is 9.59 Å². The number of benzene rings is 1. The van der Waals surface area contributed by atoms with Gasteiger partial charge in [-0.3, -0.25) is 9.59 Å². The summed E-state index contributed by atoms with van der Waals surface area (Å²) in [7, 11) is 1.66. The van der Waals surface area contributed by atoms with Gasteiger partial charge in [0.1, 0.15) is 0 Å². The first-order valence-corrected chi connectivity index (χ1v) is 7.20. The van der Waals surface area contributed by atoms with Gasteiger partial charge in [-0.2, -0.15) is 0 Å². The molecule has 4 nitrogen and oxygen atoms in total. The fourth-order valence-corrected chi connectivity index (χ4v) is 3.13. The van der Waals surface area contributed by atoms with Crippen molar-refractivity contribution in [3.8, 4) is 0 Å². The normalized spacial score (nSPS) is 22.1. The number of nitrogens with zero attached hydrogens (tertiary/aromatic N) is 2. The van der Waals surface area contributed by atoms with E-state index in [1.54, 1.807) is 13.1 Å². The Bertz CT molecular complexity index is 580. The van der Waals surface area contributed by atoms with E-state index >= 15 is 0 Å². The van der Waals surface area contributed by atoms with Crippen LogP contribution in [0.2, 0.25) is 0 Å². The number of Topliss-reactive ketones (excluding diaryl/α,β-unsaturated/α-hetero) is 1. The summed E-state index contributed by atoms with van der Waals surface area (Å²) in [6.45, 7) is 6.64. The molecule has 3 rings (SSSR count). The molecule has 0 spiro atoms. The number of fused-ring (bicyclic) bond motifs is 1. The molecule has 1 unspecified atom stereocenters. The van der Waals surface area contributed by atoms with E-state index in [4.69, 9.17) is 0 Å². The van der Waals surface area contributed by atoms with Crippen LogP contribution in [0, 0.1) is 11.8 Å². The van der Waals surface area contributed by atoms with E-state index in [1.807, 2.05) is 12.1 Å². The van der Waals surface area contributed by atoms with E-state index in [1.165, 1.54) is 11.3 Å². The molecule has 0 aliphatic carbocycles. The number of likely N-dealkylation sites (N-methyl/N-ethyl adjacent to an activating group) is 1. The van der Waals surface area contributed by atoms with Gasteiger partial charge in [-0.1, -0.05) is 13.8 Å². The van der Waals surface area contributed by atoms with Crippen LogP contribution in [0.5, 0.6) is 0 Å². The summed E-state index contributed by atoms with van der Waals surface area (Å²) in [5, 5.41) is 0. The molecule has 2 aliphatic rings.